The van der Waals surface area contributed by atoms with Gasteiger partial charge in [-0.05, 0) is 49.9 Å². The van der Waals surface area contributed by atoms with Crippen LogP contribution in [0.2, 0.25) is 0 Å². The van der Waals surface area contributed by atoms with E-state index in [0.29, 0.717) is 0 Å². The molecule has 0 saturated carbocycles. The standard InChI is InChI=1S/C15H18N2O2/c1-9-5-10(2)12(4)15(11(9)3)13-6-17(8-16-13)7-14(18)19/h5-6,8H,7H2,1-4H3,(H,18,19). The van der Waals surface area contributed by atoms with Crippen molar-refractivity contribution in [1.82, 2.24) is 9.55 Å². The van der Waals surface area contributed by atoms with E-state index in [4.69, 9.17) is 5.11 Å². The molecule has 2 aromatic rings. The van der Waals surface area contributed by atoms with Crippen LogP contribution in [0, 0.1) is 27.7 Å². The number of aromatic nitrogens is 2. The SMILES string of the molecule is Cc1cc(C)c(C)c(-c2cn(CC(=O)O)cn2)c1C. The summed E-state index contributed by atoms with van der Waals surface area (Å²) in [6.45, 7) is 8.26. The molecule has 2 rings (SSSR count). The normalized spacial score (nSPS) is 10.7. The van der Waals surface area contributed by atoms with Crippen LogP contribution in [0.15, 0.2) is 18.6 Å². The van der Waals surface area contributed by atoms with Crippen molar-refractivity contribution in [2.45, 2.75) is 34.2 Å². The Kier molecular flexibility index (Phi) is 3.42. The van der Waals surface area contributed by atoms with Crippen molar-refractivity contribution >= 4 is 5.97 Å². The molecular weight excluding hydrogens is 240 g/mol. The Morgan fingerprint density at radius 1 is 1.21 bits per heavy atom. The highest BCUT2D eigenvalue weighted by molar-refractivity contribution is 5.71. The van der Waals surface area contributed by atoms with Gasteiger partial charge < -0.3 is 9.67 Å². The molecule has 4 heteroatoms. The molecule has 1 N–H and O–H groups in total. The Labute approximate surface area is 112 Å². The van der Waals surface area contributed by atoms with Gasteiger partial charge in [-0.15, -0.1) is 0 Å². The van der Waals surface area contributed by atoms with Crippen LogP contribution in [0.4, 0.5) is 0 Å². The maximum atomic E-state index is 10.7. The molecule has 0 aliphatic carbocycles. The van der Waals surface area contributed by atoms with Gasteiger partial charge in [-0.25, -0.2) is 4.98 Å². The van der Waals surface area contributed by atoms with E-state index in [-0.39, 0.29) is 6.54 Å². The average Bonchev–Trinajstić information content (AvgIpc) is 2.74. The van der Waals surface area contributed by atoms with Gasteiger partial charge in [-0.2, -0.15) is 0 Å². The summed E-state index contributed by atoms with van der Waals surface area (Å²) >= 11 is 0. The fraction of sp³-hybridized carbons (Fsp3) is 0.333. The minimum atomic E-state index is -0.863. The topological polar surface area (TPSA) is 55.1 Å². The second-order valence-electron chi connectivity index (χ2n) is 4.96. The Hall–Kier alpha value is -2.10. The predicted molar refractivity (Wildman–Crippen MR) is 74.2 cm³/mol. The number of carboxylic acid groups (broad SMARTS) is 1. The van der Waals surface area contributed by atoms with Crippen LogP contribution in [0.25, 0.3) is 11.3 Å². The first kappa shape index (κ1) is 13.3. The number of nitrogens with zero attached hydrogens (tertiary/aromatic N) is 2. The highest BCUT2D eigenvalue weighted by atomic mass is 16.4. The molecule has 1 heterocycles. The Bertz CT molecular complexity index is 616. The molecule has 100 valence electrons. The van der Waals surface area contributed by atoms with Crippen LogP contribution >= 0.6 is 0 Å². The maximum absolute atomic E-state index is 10.7. The maximum Gasteiger partial charge on any atom is 0.323 e. The van der Waals surface area contributed by atoms with Crippen molar-refractivity contribution in [3.63, 3.8) is 0 Å². The van der Waals surface area contributed by atoms with Crippen LogP contribution in [0.1, 0.15) is 22.3 Å². The number of carbonyl (C=O) groups is 1. The number of hydrogen-bond donors (Lipinski definition) is 1. The molecular formula is C15H18N2O2. The molecule has 1 aromatic heterocycles. The van der Waals surface area contributed by atoms with Gasteiger partial charge in [-0.1, -0.05) is 6.07 Å². The lowest BCUT2D eigenvalue weighted by molar-refractivity contribution is -0.137. The molecule has 0 bridgehead atoms. The number of benzene rings is 1. The molecule has 1 aromatic carbocycles. The van der Waals surface area contributed by atoms with Crippen LogP contribution < -0.4 is 0 Å². The zero-order valence-electron chi connectivity index (χ0n) is 11.7. The van der Waals surface area contributed by atoms with Crippen LogP contribution in [0.5, 0.6) is 0 Å². The molecule has 0 atom stereocenters. The van der Waals surface area contributed by atoms with E-state index in [2.05, 4.69) is 38.7 Å². The van der Waals surface area contributed by atoms with Crippen molar-refractivity contribution in [2.24, 2.45) is 0 Å². The first-order chi connectivity index (χ1) is 8.90. The fourth-order valence-electron chi connectivity index (χ4n) is 2.33. The third kappa shape index (κ3) is 2.52. The lowest BCUT2D eigenvalue weighted by Crippen LogP contribution is -2.06. The Morgan fingerprint density at radius 2 is 1.79 bits per heavy atom. The van der Waals surface area contributed by atoms with Gasteiger partial charge in [-0.3, -0.25) is 4.79 Å². The fourth-order valence-corrected chi connectivity index (χ4v) is 2.33. The molecule has 0 amide bonds. The molecule has 0 spiro atoms. The van der Waals surface area contributed by atoms with Gasteiger partial charge in [0.2, 0.25) is 0 Å². The van der Waals surface area contributed by atoms with Gasteiger partial charge >= 0.3 is 5.97 Å². The summed E-state index contributed by atoms with van der Waals surface area (Å²) in [7, 11) is 0. The van der Waals surface area contributed by atoms with Crippen molar-refractivity contribution < 1.29 is 9.90 Å². The number of carboxylic acids is 1. The Morgan fingerprint density at radius 3 is 2.32 bits per heavy atom. The minimum Gasteiger partial charge on any atom is -0.480 e. The summed E-state index contributed by atoms with van der Waals surface area (Å²) in [6, 6.07) is 2.17. The second kappa shape index (κ2) is 4.88. The highest BCUT2D eigenvalue weighted by Crippen LogP contribution is 2.30. The van der Waals surface area contributed by atoms with Crippen molar-refractivity contribution in [2.75, 3.05) is 0 Å². The Balaban J connectivity index is 2.53. The third-order valence-electron chi connectivity index (χ3n) is 3.57. The van der Waals surface area contributed by atoms with Gasteiger partial charge in [0.1, 0.15) is 6.54 Å². The van der Waals surface area contributed by atoms with Gasteiger partial charge in [0.25, 0.3) is 0 Å². The summed E-state index contributed by atoms with van der Waals surface area (Å²) in [5, 5.41) is 8.80. The molecule has 19 heavy (non-hydrogen) atoms. The molecule has 4 nitrogen and oxygen atoms in total. The summed E-state index contributed by atoms with van der Waals surface area (Å²) in [5.41, 5.74) is 6.80. The lowest BCUT2D eigenvalue weighted by Gasteiger charge is -2.13. The first-order valence-corrected chi connectivity index (χ1v) is 6.21. The van der Waals surface area contributed by atoms with E-state index in [9.17, 15) is 4.79 Å². The molecule has 0 aliphatic heterocycles. The molecule has 0 saturated heterocycles. The van der Waals surface area contributed by atoms with Gasteiger partial charge in [0.05, 0.1) is 12.0 Å². The smallest absolute Gasteiger partial charge is 0.323 e. The number of hydrogen-bond acceptors (Lipinski definition) is 2. The quantitative estimate of drug-likeness (QED) is 0.921. The largest absolute Gasteiger partial charge is 0.480 e. The summed E-state index contributed by atoms with van der Waals surface area (Å²) < 4.78 is 1.59. The van der Waals surface area contributed by atoms with Gasteiger partial charge in [0.15, 0.2) is 0 Å². The molecule has 0 aliphatic rings. The van der Waals surface area contributed by atoms with Crippen molar-refractivity contribution in [3.05, 3.63) is 40.8 Å². The highest BCUT2D eigenvalue weighted by Gasteiger charge is 2.13. The molecule has 0 radical (unpaired) electrons. The minimum absolute atomic E-state index is 0.0596. The molecule has 0 unspecified atom stereocenters. The zero-order chi connectivity index (χ0) is 14.2. The van der Waals surface area contributed by atoms with Crippen LogP contribution in [0.3, 0.4) is 0 Å². The predicted octanol–water partition coefficient (Wildman–Crippen LogP) is 2.87. The van der Waals surface area contributed by atoms with E-state index in [1.807, 2.05) is 0 Å². The lowest BCUT2D eigenvalue weighted by atomic mass is 9.93. The number of rotatable bonds is 3. The second-order valence-corrected chi connectivity index (χ2v) is 4.96. The van der Waals surface area contributed by atoms with Crippen LogP contribution in [-0.2, 0) is 11.3 Å². The van der Waals surface area contributed by atoms with Gasteiger partial charge in [0, 0.05) is 11.8 Å². The average molecular weight is 258 g/mol. The third-order valence-corrected chi connectivity index (χ3v) is 3.57. The monoisotopic (exact) mass is 258 g/mol. The van der Waals surface area contributed by atoms with E-state index in [1.54, 1.807) is 17.1 Å². The number of aliphatic carboxylic acids is 1. The van der Waals surface area contributed by atoms with E-state index in [1.165, 1.54) is 22.3 Å². The summed E-state index contributed by atoms with van der Waals surface area (Å²) in [5.74, 6) is -0.863. The summed E-state index contributed by atoms with van der Waals surface area (Å²) in [4.78, 5) is 15.1. The van der Waals surface area contributed by atoms with E-state index in [0.717, 1.165) is 11.3 Å². The van der Waals surface area contributed by atoms with Crippen molar-refractivity contribution in [1.29, 1.82) is 0 Å². The number of imidazole rings is 1. The van der Waals surface area contributed by atoms with Crippen LogP contribution in [-0.4, -0.2) is 20.6 Å². The molecule has 0 fully saturated rings. The number of aryl methyl sites for hydroxylation is 2. The first-order valence-electron chi connectivity index (χ1n) is 6.21. The summed E-state index contributed by atoms with van der Waals surface area (Å²) in [6.07, 6.45) is 3.36. The van der Waals surface area contributed by atoms with E-state index >= 15 is 0 Å². The van der Waals surface area contributed by atoms with Crippen molar-refractivity contribution in [3.8, 4) is 11.3 Å². The zero-order valence-corrected chi connectivity index (χ0v) is 11.7. The van der Waals surface area contributed by atoms with E-state index < -0.39 is 5.97 Å².